The molecule has 19 heavy (non-hydrogen) atoms. The van der Waals surface area contributed by atoms with Crippen LogP contribution in [0, 0.1) is 6.92 Å². The maximum Gasteiger partial charge on any atom is 0.372 e. The average molecular weight is 252 g/mol. The fraction of sp³-hybridized carbons (Fsp3) is 0.0667. The zero-order chi connectivity index (χ0) is 13.4. The van der Waals surface area contributed by atoms with Gasteiger partial charge in [0, 0.05) is 11.9 Å². The van der Waals surface area contributed by atoms with Crippen molar-refractivity contribution in [2.24, 2.45) is 0 Å². The second kappa shape index (κ2) is 4.24. The maximum atomic E-state index is 11.2. The molecule has 0 aliphatic heterocycles. The first-order chi connectivity index (χ1) is 9.15. The van der Waals surface area contributed by atoms with E-state index >= 15 is 0 Å². The molecule has 0 unspecified atom stereocenters. The molecule has 0 bridgehead atoms. The van der Waals surface area contributed by atoms with Gasteiger partial charge in [-0.25, -0.2) is 9.78 Å². The van der Waals surface area contributed by atoms with Crippen LogP contribution in [0.4, 0.5) is 0 Å². The second-order valence-electron chi connectivity index (χ2n) is 4.41. The number of nitrogens with zero attached hydrogens (tertiary/aromatic N) is 2. The number of rotatable bonds is 2. The topological polar surface area (TPSA) is 55.1 Å². The molecule has 3 aromatic rings. The van der Waals surface area contributed by atoms with Gasteiger partial charge in [0.1, 0.15) is 0 Å². The molecular formula is C15H12N2O2. The van der Waals surface area contributed by atoms with Gasteiger partial charge in [-0.15, -0.1) is 0 Å². The van der Waals surface area contributed by atoms with Gasteiger partial charge in [-0.1, -0.05) is 30.3 Å². The van der Waals surface area contributed by atoms with E-state index in [2.05, 4.69) is 4.98 Å². The molecule has 0 aliphatic carbocycles. The second-order valence-corrected chi connectivity index (χ2v) is 4.41. The first kappa shape index (κ1) is 11.5. The first-order valence-electron chi connectivity index (χ1n) is 5.93. The van der Waals surface area contributed by atoms with Crippen molar-refractivity contribution < 1.29 is 9.90 Å². The van der Waals surface area contributed by atoms with Crippen molar-refractivity contribution in [2.45, 2.75) is 6.92 Å². The highest BCUT2D eigenvalue weighted by atomic mass is 16.4. The minimum atomic E-state index is -1.03. The highest BCUT2D eigenvalue weighted by Gasteiger charge is 2.14. The number of imidazole rings is 1. The van der Waals surface area contributed by atoms with Gasteiger partial charge in [-0.2, -0.15) is 0 Å². The Morgan fingerprint density at radius 3 is 2.63 bits per heavy atom. The monoisotopic (exact) mass is 252 g/mol. The van der Waals surface area contributed by atoms with Crippen LogP contribution in [0.3, 0.4) is 0 Å². The summed E-state index contributed by atoms with van der Waals surface area (Å²) in [4.78, 5) is 15.2. The van der Waals surface area contributed by atoms with E-state index in [4.69, 9.17) is 0 Å². The Morgan fingerprint density at radius 2 is 1.89 bits per heavy atom. The summed E-state index contributed by atoms with van der Waals surface area (Å²) in [7, 11) is 0. The predicted octanol–water partition coefficient (Wildman–Crippen LogP) is 3.03. The summed E-state index contributed by atoms with van der Waals surface area (Å²) < 4.78 is 1.60. The van der Waals surface area contributed by atoms with Crippen molar-refractivity contribution in [1.29, 1.82) is 0 Å². The molecule has 2 aromatic carbocycles. The number of carboxylic acid groups (broad SMARTS) is 1. The lowest BCUT2D eigenvalue weighted by atomic mass is 10.1. The Balaban J connectivity index is 2.21. The van der Waals surface area contributed by atoms with Crippen LogP contribution < -0.4 is 0 Å². The first-order valence-corrected chi connectivity index (χ1v) is 5.93. The molecule has 0 atom stereocenters. The van der Waals surface area contributed by atoms with Crippen LogP contribution >= 0.6 is 0 Å². The van der Waals surface area contributed by atoms with Crippen molar-refractivity contribution in [1.82, 2.24) is 9.55 Å². The van der Waals surface area contributed by atoms with Crippen LogP contribution in [0.25, 0.3) is 16.5 Å². The van der Waals surface area contributed by atoms with Gasteiger partial charge in [0.25, 0.3) is 0 Å². The molecule has 94 valence electrons. The molecule has 4 heteroatoms. The average Bonchev–Trinajstić information content (AvgIpc) is 2.80. The van der Waals surface area contributed by atoms with E-state index in [9.17, 15) is 9.90 Å². The number of aromatic nitrogens is 2. The van der Waals surface area contributed by atoms with Gasteiger partial charge in [-0.3, -0.25) is 4.57 Å². The van der Waals surface area contributed by atoms with E-state index in [-0.39, 0.29) is 5.82 Å². The molecule has 0 aliphatic rings. The van der Waals surface area contributed by atoms with Gasteiger partial charge in [-0.05, 0) is 29.8 Å². The summed E-state index contributed by atoms with van der Waals surface area (Å²) in [6.45, 7) is 1.78. The minimum absolute atomic E-state index is 0.0350. The van der Waals surface area contributed by atoms with Crippen LogP contribution in [0.5, 0.6) is 0 Å². The van der Waals surface area contributed by atoms with Crippen LogP contribution in [-0.2, 0) is 0 Å². The number of carbonyl (C=O) groups is 1. The summed E-state index contributed by atoms with van der Waals surface area (Å²) in [5.41, 5.74) is 1.49. The van der Waals surface area contributed by atoms with Gasteiger partial charge in [0.15, 0.2) is 0 Å². The van der Waals surface area contributed by atoms with Crippen molar-refractivity contribution in [3.8, 4) is 5.69 Å². The number of fused-ring (bicyclic) bond motifs is 1. The Kier molecular flexibility index (Phi) is 2.56. The third kappa shape index (κ3) is 1.97. The van der Waals surface area contributed by atoms with Crippen LogP contribution in [0.15, 0.2) is 48.7 Å². The van der Waals surface area contributed by atoms with Crippen LogP contribution in [-0.4, -0.2) is 20.6 Å². The number of benzene rings is 2. The molecule has 1 heterocycles. The molecule has 0 saturated carbocycles. The molecule has 0 amide bonds. The molecule has 0 spiro atoms. The third-order valence-corrected chi connectivity index (χ3v) is 3.03. The van der Waals surface area contributed by atoms with Crippen LogP contribution in [0.2, 0.25) is 0 Å². The maximum absolute atomic E-state index is 11.2. The van der Waals surface area contributed by atoms with Crippen molar-refractivity contribution in [3.05, 3.63) is 60.2 Å². The van der Waals surface area contributed by atoms with E-state index in [0.29, 0.717) is 5.69 Å². The predicted molar refractivity (Wildman–Crippen MR) is 72.8 cm³/mol. The molecule has 4 nitrogen and oxygen atoms in total. The standard InChI is InChI=1S/C15H12N2O2/c1-10-9-17(14(16-10)15(18)19)13-7-6-11-4-2-3-5-12(11)8-13/h2-9H,1H3,(H,18,19). The molecule has 1 N–H and O–H groups in total. The molecular weight excluding hydrogens is 240 g/mol. The van der Waals surface area contributed by atoms with E-state index < -0.39 is 5.97 Å². The number of hydrogen-bond acceptors (Lipinski definition) is 2. The third-order valence-electron chi connectivity index (χ3n) is 3.03. The van der Waals surface area contributed by atoms with Gasteiger partial charge in [0.05, 0.1) is 5.69 Å². The molecule has 0 saturated heterocycles. The van der Waals surface area contributed by atoms with E-state index in [0.717, 1.165) is 16.5 Å². The Morgan fingerprint density at radius 1 is 1.16 bits per heavy atom. The fourth-order valence-electron chi connectivity index (χ4n) is 2.17. The van der Waals surface area contributed by atoms with Gasteiger partial charge < -0.3 is 5.11 Å². The van der Waals surface area contributed by atoms with Gasteiger partial charge >= 0.3 is 5.97 Å². The normalized spacial score (nSPS) is 10.8. The number of hydrogen-bond donors (Lipinski definition) is 1. The fourth-order valence-corrected chi connectivity index (χ4v) is 2.17. The minimum Gasteiger partial charge on any atom is -0.475 e. The molecule has 3 rings (SSSR count). The highest BCUT2D eigenvalue weighted by Crippen LogP contribution is 2.20. The summed E-state index contributed by atoms with van der Waals surface area (Å²) >= 11 is 0. The summed E-state index contributed by atoms with van der Waals surface area (Å²) in [6, 6.07) is 13.8. The highest BCUT2D eigenvalue weighted by molar-refractivity contribution is 5.87. The number of carboxylic acids is 1. The lowest BCUT2D eigenvalue weighted by Gasteiger charge is -2.06. The van der Waals surface area contributed by atoms with Gasteiger partial charge in [0.2, 0.25) is 5.82 Å². The Hall–Kier alpha value is -2.62. The molecule has 0 radical (unpaired) electrons. The summed E-state index contributed by atoms with van der Waals surface area (Å²) in [5.74, 6) is -0.992. The smallest absolute Gasteiger partial charge is 0.372 e. The van der Waals surface area contributed by atoms with Crippen molar-refractivity contribution in [3.63, 3.8) is 0 Å². The lowest BCUT2D eigenvalue weighted by molar-refractivity contribution is 0.0681. The molecule has 1 aromatic heterocycles. The van der Waals surface area contributed by atoms with Crippen molar-refractivity contribution >= 4 is 16.7 Å². The Bertz CT molecular complexity index is 775. The van der Waals surface area contributed by atoms with Crippen molar-refractivity contribution in [2.75, 3.05) is 0 Å². The summed E-state index contributed by atoms with van der Waals surface area (Å²) in [5, 5.41) is 11.4. The summed E-state index contributed by atoms with van der Waals surface area (Å²) in [6.07, 6.45) is 1.73. The number of aryl methyl sites for hydroxylation is 1. The zero-order valence-corrected chi connectivity index (χ0v) is 10.4. The largest absolute Gasteiger partial charge is 0.475 e. The lowest BCUT2D eigenvalue weighted by Crippen LogP contribution is -2.07. The zero-order valence-electron chi connectivity index (χ0n) is 10.4. The molecule has 0 fully saturated rings. The van der Waals surface area contributed by atoms with E-state index in [1.807, 2.05) is 42.5 Å². The quantitative estimate of drug-likeness (QED) is 0.762. The van der Waals surface area contributed by atoms with Crippen LogP contribution in [0.1, 0.15) is 16.3 Å². The van der Waals surface area contributed by atoms with E-state index in [1.54, 1.807) is 17.7 Å². The number of aromatic carboxylic acids is 1. The van der Waals surface area contributed by atoms with E-state index in [1.165, 1.54) is 0 Å². The SMILES string of the molecule is Cc1cn(-c2ccc3ccccc3c2)c(C(=O)O)n1. The Labute approximate surface area is 109 Å².